The van der Waals surface area contributed by atoms with Gasteiger partial charge in [0.2, 0.25) is 0 Å². The highest BCUT2D eigenvalue weighted by molar-refractivity contribution is 5.66. The van der Waals surface area contributed by atoms with Gasteiger partial charge in [0.1, 0.15) is 0 Å². The molecule has 0 aliphatic carbocycles. The van der Waals surface area contributed by atoms with Crippen LogP contribution in [0.15, 0.2) is 12.3 Å². The van der Waals surface area contributed by atoms with E-state index < -0.39 is 6.09 Å². The lowest BCUT2D eigenvalue weighted by atomic mass is 10.4. The highest BCUT2D eigenvalue weighted by Gasteiger charge is 1.99. The first-order chi connectivity index (χ1) is 5.83. The van der Waals surface area contributed by atoms with Gasteiger partial charge in [-0.1, -0.05) is 0 Å². The summed E-state index contributed by atoms with van der Waals surface area (Å²) < 4.78 is 4.66. The molecule has 0 atom stereocenters. The van der Waals surface area contributed by atoms with Gasteiger partial charge in [-0.2, -0.15) is 5.10 Å². The third-order valence-corrected chi connectivity index (χ3v) is 1.26. The maximum absolute atomic E-state index is 10.8. The van der Waals surface area contributed by atoms with Crippen LogP contribution in [0.2, 0.25) is 0 Å². The number of hydrogen-bond acceptors (Lipinski definition) is 3. The lowest BCUT2D eigenvalue weighted by Gasteiger charge is -2.02. The number of aromatic nitrogens is 2. The summed E-state index contributed by atoms with van der Waals surface area (Å²) in [6.45, 7) is 2.56. The van der Waals surface area contributed by atoms with Crippen molar-refractivity contribution >= 4 is 6.09 Å². The van der Waals surface area contributed by atoms with Crippen molar-refractivity contribution in [1.29, 1.82) is 0 Å². The maximum Gasteiger partial charge on any atom is 0.407 e. The fraction of sp³-hybridized carbons (Fsp3) is 0.429. The molecule has 66 valence electrons. The molecule has 5 heteroatoms. The Kier molecular flexibility index (Phi) is 3.13. The molecular formula is C7H11N3O2. The number of carbonyl (C=O) groups excluding carboxylic acids is 1. The van der Waals surface area contributed by atoms with E-state index in [9.17, 15) is 4.79 Å². The first-order valence-corrected chi connectivity index (χ1v) is 3.71. The maximum atomic E-state index is 10.8. The van der Waals surface area contributed by atoms with Crippen molar-refractivity contribution in [3.05, 3.63) is 18.0 Å². The second kappa shape index (κ2) is 4.38. The number of nitrogens with one attached hydrogen (secondary N) is 2. The van der Waals surface area contributed by atoms with Crippen LogP contribution in [0.3, 0.4) is 0 Å². The molecule has 0 saturated heterocycles. The minimum absolute atomic E-state index is 0.384. The Morgan fingerprint density at radius 2 is 2.67 bits per heavy atom. The summed E-state index contributed by atoms with van der Waals surface area (Å²) in [4.78, 5) is 10.8. The molecule has 1 aromatic rings. The van der Waals surface area contributed by atoms with E-state index in [4.69, 9.17) is 0 Å². The number of amides is 1. The Hall–Kier alpha value is -1.52. The molecule has 5 nitrogen and oxygen atoms in total. The topological polar surface area (TPSA) is 67.0 Å². The minimum atomic E-state index is -0.410. The van der Waals surface area contributed by atoms with E-state index >= 15 is 0 Å². The second-order valence-corrected chi connectivity index (χ2v) is 2.16. The van der Waals surface area contributed by atoms with E-state index in [1.807, 2.05) is 0 Å². The minimum Gasteiger partial charge on any atom is -0.450 e. The Morgan fingerprint density at radius 1 is 1.83 bits per heavy atom. The number of aromatic amines is 1. The molecule has 0 spiro atoms. The molecule has 1 rings (SSSR count). The molecule has 0 unspecified atom stereocenters. The molecule has 0 aliphatic rings. The Morgan fingerprint density at radius 3 is 3.25 bits per heavy atom. The highest BCUT2D eigenvalue weighted by atomic mass is 16.5. The van der Waals surface area contributed by atoms with Gasteiger partial charge in [0.05, 0.1) is 18.8 Å². The van der Waals surface area contributed by atoms with Crippen molar-refractivity contribution in [2.45, 2.75) is 13.5 Å². The SMILES string of the molecule is CCOC(=O)NCc1ccn[nH]1. The lowest BCUT2D eigenvalue weighted by molar-refractivity contribution is 0.151. The monoisotopic (exact) mass is 169 g/mol. The molecule has 0 saturated carbocycles. The average Bonchev–Trinajstić information content (AvgIpc) is 2.53. The van der Waals surface area contributed by atoms with Gasteiger partial charge in [0.25, 0.3) is 0 Å². The van der Waals surface area contributed by atoms with Gasteiger partial charge in [0.15, 0.2) is 0 Å². The highest BCUT2D eigenvalue weighted by Crippen LogP contribution is 1.89. The molecule has 0 bridgehead atoms. The van der Waals surface area contributed by atoms with Crippen molar-refractivity contribution in [1.82, 2.24) is 15.5 Å². The summed E-state index contributed by atoms with van der Waals surface area (Å²) in [5.41, 5.74) is 0.850. The van der Waals surface area contributed by atoms with Crippen molar-refractivity contribution in [3.63, 3.8) is 0 Å². The Labute approximate surface area is 70.1 Å². The van der Waals surface area contributed by atoms with Crippen LogP contribution in [0.25, 0.3) is 0 Å². The molecule has 12 heavy (non-hydrogen) atoms. The first kappa shape index (κ1) is 8.58. The fourth-order valence-corrected chi connectivity index (χ4v) is 0.733. The summed E-state index contributed by atoms with van der Waals surface area (Å²) in [7, 11) is 0. The largest absolute Gasteiger partial charge is 0.450 e. The molecule has 1 aromatic heterocycles. The van der Waals surface area contributed by atoms with E-state index in [0.29, 0.717) is 13.2 Å². The third-order valence-electron chi connectivity index (χ3n) is 1.26. The zero-order valence-electron chi connectivity index (χ0n) is 6.83. The number of H-pyrrole nitrogens is 1. The molecule has 0 aliphatic heterocycles. The Balaban J connectivity index is 2.22. The van der Waals surface area contributed by atoms with Crippen molar-refractivity contribution < 1.29 is 9.53 Å². The van der Waals surface area contributed by atoms with Crippen molar-refractivity contribution in [2.75, 3.05) is 6.61 Å². The quantitative estimate of drug-likeness (QED) is 0.698. The van der Waals surface area contributed by atoms with Gasteiger partial charge in [-0.05, 0) is 13.0 Å². The predicted octanol–water partition coefficient (Wildman–Crippen LogP) is 0.656. The average molecular weight is 169 g/mol. The van der Waals surface area contributed by atoms with Gasteiger partial charge >= 0.3 is 6.09 Å². The van der Waals surface area contributed by atoms with E-state index in [0.717, 1.165) is 5.69 Å². The molecule has 2 N–H and O–H groups in total. The second-order valence-electron chi connectivity index (χ2n) is 2.16. The van der Waals surface area contributed by atoms with Crippen LogP contribution < -0.4 is 5.32 Å². The molecular weight excluding hydrogens is 158 g/mol. The molecule has 0 aromatic carbocycles. The van der Waals surface area contributed by atoms with Crippen molar-refractivity contribution in [2.24, 2.45) is 0 Å². The van der Waals surface area contributed by atoms with Crippen LogP contribution in [0, 0.1) is 0 Å². The number of alkyl carbamates (subject to hydrolysis) is 1. The van der Waals surface area contributed by atoms with E-state index in [1.54, 1.807) is 19.2 Å². The first-order valence-electron chi connectivity index (χ1n) is 3.71. The number of hydrogen-bond donors (Lipinski definition) is 2. The zero-order chi connectivity index (χ0) is 8.81. The Bertz CT molecular complexity index is 233. The molecule has 1 heterocycles. The van der Waals surface area contributed by atoms with Gasteiger partial charge in [0, 0.05) is 6.20 Å². The fourth-order valence-electron chi connectivity index (χ4n) is 0.733. The van der Waals surface area contributed by atoms with Crippen LogP contribution in [-0.4, -0.2) is 22.9 Å². The normalized spacial score (nSPS) is 9.42. The molecule has 0 fully saturated rings. The van der Waals surface area contributed by atoms with Crippen molar-refractivity contribution in [3.8, 4) is 0 Å². The molecule has 1 amide bonds. The number of nitrogens with zero attached hydrogens (tertiary/aromatic N) is 1. The summed E-state index contributed by atoms with van der Waals surface area (Å²) in [6, 6.07) is 1.78. The van der Waals surface area contributed by atoms with E-state index in [-0.39, 0.29) is 0 Å². The van der Waals surface area contributed by atoms with Crippen LogP contribution >= 0.6 is 0 Å². The number of ether oxygens (including phenoxy) is 1. The van der Waals surface area contributed by atoms with Crippen LogP contribution in [0.4, 0.5) is 4.79 Å². The summed E-state index contributed by atoms with van der Waals surface area (Å²) in [5, 5.41) is 9.00. The molecule has 0 radical (unpaired) electrons. The summed E-state index contributed by atoms with van der Waals surface area (Å²) >= 11 is 0. The van der Waals surface area contributed by atoms with Gasteiger partial charge in [-0.3, -0.25) is 5.10 Å². The van der Waals surface area contributed by atoms with E-state index in [1.165, 1.54) is 0 Å². The summed E-state index contributed by atoms with van der Waals surface area (Å²) in [5.74, 6) is 0. The zero-order valence-corrected chi connectivity index (χ0v) is 6.83. The van der Waals surface area contributed by atoms with Gasteiger partial charge in [-0.15, -0.1) is 0 Å². The predicted molar refractivity (Wildman–Crippen MR) is 42.4 cm³/mol. The van der Waals surface area contributed by atoms with Gasteiger partial charge in [-0.25, -0.2) is 4.79 Å². The van der Waals surface area contributed by atoms with Crippen LogP contribution in [0.1, 0.15) is 12.6 Å². The van der Waals surface area contributed by atoms with E-state index in [2.05, 4.69) is 20.3 Å². The smallest absolute Gasteiger partial charge is 0.407 e. The van der Waals surface area contributed by atoms with Crippen LogP contribution in [0.5, 0.6) is 0 Å². The summed E-state index contributed by atoms with van der Waals surface area (Å²) in [6.07, 6.45) is 1.22. The number of rotatable bonds is 3. The number of carbonyl (C=O) groups is 1. The van der Waals surface area contributed by atoms with Gasteiger partial charge < -0.3 is 10.1 Å². The standard InChI is InChI=1S/C7H11N3O2/c1-2-12-7(11)8-5-6-3-4-9-10-6/h3-4H,2,5H2,1H3,(H,8,11)(H,9,10). The third kappa shape index (κ3) is 2.61. The van der Waals surface area contributed by atoms with Crippen LogP contribution in [-0.2, 0) is 11.3 Å². The lowest BCUT2D eigenvalue weighted by Crippen LogP contribution is -2.23.